The van der Waals surface area contributed by atoms with E-state index >= 15 is 0 Å². The summed E-state index contributed by atoms with van der Waals surface area (Å²) in [7, 11) is 0. The number of rotatable bonds is 4. The van der Waals surface area contributed by atoms with Crippen molar-refractivity contribution < 1.29 is 24.3 Å². The quantitative estimate of drug-likeness (QED) is 0.521. The number of hydrogen-bond donors (Lipinski definition) is 1. The van der Waals surface area contributed by atoms with E-state index in [9.17, 15) is 20.0 Å². The van der Waals surface area contributed by atoms with E-state index in [4.69, 9.17) is 9.47 Å². The van der Waals surface area contributed by atoms with Gasteiger partial charge in [-0.25, -0.2) is 4.79 Å². The zero-order chi connectivity index (χ0) is 16.5. The van der Waals surface area contributed by atoms with Gasteiger partial charge in [-0.3, -0.25) is 10.1 Å². The average Bonchev–Trinajstić information content (AvgIpc) is 2.43. The highest BCUT2D eigenvalue weighted by atomic mass is 16.7. The van der Waals surface area contributed by atoms with Crippen molar-refractivity contribution in [2.75, 3.05) is 0 Å². The number of carbonyl (C=O) groups excluding carboxylic acids is 1. The summed E-state index contributed by atoms with van der Waals surface area (Å²) in [5.41, 5.74) is 0.761. The molecule has 1 aliphatic heterocycles. The Morgan fingerprint density at radius 3 is 2.41 bits per heavy atom. The van der Waals surface area contributed by atoms with Crippen LogP contribution >= 0.6 is 0 Å². The molecule has 1 heterocycles. The first-order valence-corrected chi connectivity index (χ1v) is 6.74. The molecule has 22 heavy (non-hydrogen) atoms. The first-order chi connectivity index (χ1) is 10.2. The Kier molecular flexibility index (Phi) is 4.18. The summed E-state index contributed by atoms with van der Waals surface area (Å²) in [5.74, 6) is -1.21. The number of aliphatic hydroxyl groups excluding tert-OH is 1. The summed E-state index contributed by atoms with van der Waals surface area (Å²) in [5, 5.41) is 20.9. The number of non-ortho nitro benzene ring substituents is 1. The number of nitro groups is 1. The van der Waals surface area contributed by atoms with E-state index in [1.165, 1.54) is 24.3 Å². The SMILES string of the molecule is CC1=C(CC(O)c2ccc([N+](=O)[O-])cc2)OC(C)(C)OC1=O. The molecular weight excluding hydrogens is 290 g/mol. The molecule has 0 amide bonds. The second-order valence-corrected chi connectivity index (χ2v) is 5.51. The van der Waals surface area contributed by atoms with E-state index in [1.54, 1.807) is 20.8 Å². The molecule has 0 saturated heterocycles. The minimum atomic E-state index is -1.08. The lowest BCUT2D eigenvalue weighted by Crippen LogP contribution is -2.36. The van der Waals surface area contributed by atoms with Gasteiger partial charge in [-0.15, -0.1) is 0 Å². The van der Waals surface area contributed by atoms with Crippen LogP contribution in [0.15, 0.2) is 35.6 Å². The van der Waals surface area contributed by atoms with Crippen molar-refractivity contribution in [2.45, 2.75) is 39.1 Å². The number of benzene rings is 1. The van der Waals surface area contributed by atoms with Crippen LogP contribution in [-0.4, -0.2) is 21.8 Å². The fourth-order valence-electron chi connectivity index (χ4n) is 2.11. The number of hydrogen-bond acceptors (Lipinski definition) is 6. The van der Waals surface area contributed by atoms with Crippen LogP contribution in [0.4, 0.5) is 5.69 Å². The van der Waals surface area contributed by atoms with Gasteiger partial charge in [-0.1, -0.05) is 0 Å². The predicted molar refractivity (Wildman–Crippen MR) is 76.6 cm³/mol. The molecule has 0 fully saturated rings. The van der Waals surface area contributed by atoms with E-state index < -0.39 is 22.8 Å². The van der Waals surface area contributed by atoms with Crippen LogP contribution < -0.4 is 0 Å². The van der Waals surface area contributed by atoms with Crippen LogP contribution in [0.2, 0.25) is 0 Å². The van der Waals surface area contributed by atoms with Crippen LogP contribution in [0.1, 0.15) is 38.9 Å². The second-order valence-electron chi connectivity index (χ2n) is 5.51. The molecule has 1 aromatic carbocycles. The molecule has 2 rings (SSSR count). The molecule has 0 aromatic heterocycles. The highest BCUT2D eigenvalue weighted by Crippen LogP contribution is 2.32. The fraction of sp³-hybridized carbons (Fsp3) is 0.400. The van der Waals surface area contributed by atoms with Crippen molar-refractivity contribution in [1.29, 1.82) is 0 Å². The van der Waals surface area contributed by atoms with Crippen molar-refractivity contribution in [3.63, 3.8) is 0 Å². The van der Waals surface area contributed by atoms with Gasteiger partial charge < -0.3 is 14.6 Å². The van der Waals surface area contributed by atoms with Crippen molar-refractivity contribution >= 4 is 11.7 Å². The number of carbonyl (C=O) groups is 1. The number of aliphatic hydroxyl groups is 1. The van der Waals surface area contributed by atoms with Crippen LogP contribution in [0, 0.1) is 10.1 Å². The maximum Gasteiger partial charge on any atom is 0.340 e. The molecule has 0 radical (unpaired) electrons. The van der Waals surface area contributed by atoms with Gasteiger partial charge in [0.15, 0.2) is 0 Å². The van der Waals surface area contributed by atoms with Crippen LogP contribution in [0.3, 0.4) is 0 Å². The standard InChI is InChI=1S/C15H17NO6/c1-9-13(21-15(2,3)22-14(9)18)8-12(17)10-4-6-11(7-5-10)16(19)20/h4-7,12,17H,8H2,1-3H3. The van der Waals surface area contributed by atoms with Crippen molar-refractivity contribution in [3.05, 3.63) is 51.3 Å². The number of ether oxygens (including phenoxy) is 2. The molecule has 7 nitrogen and oxygen atoms in total. The normalized spacial score (nSPS) is 18.5. The molecule has 0 aliphatic carbocycles. The summed E-state index contributed by atoms with van der Waals surface area (Å²) in [6.07, 6.45) is -0.852. The van der Waals surface area contributed by atoms with Gasteiger partial charge in [0.25, 0.3) is 5.69 Å². The largest absolute Gasteiger partial charge is 0.456 e. The Morgan fingerprint density at radius 2 is 1.86 bits per heavy atom. The highest BCUT2D eigenvalue weighted by Gasteiger charge is 2.34. The number of cyclic esters (lactones) is 1. The summed E-state index contributed by atoms with van der Waals surface area (Å²) in [6, 6.07) is 5.59. The maximum atomic E-state index is 11.7. The molecule has 0 bridgehead atoms. The molecule has 1 aliphatic rings. The Morgan fingerprint density at radius 1 is 1.27 bits per heavy atom. The third kappa shape index (κ3) is 3.43. The molecule has 1 unspecified atom stereocenters. The van der Waals surface area contributed by atoms with E-state index in [0.717, 1.165) is 0 Å². The Balaban J connectivity index is 2.17. The molecule has 0 saturated carbocycles. The lowest BCUT2D eigenvalue weighted by atomic mass is 10.0. The summed E-state index contributed by atoms with van der Waals surface area (Å²) < 4.78 is 10.6. The Labute approximate surface area is 127 Å². The summed E-state index contributed by atoms with van der Waals surface area (Å²) in [4.78, 5) is 21.8. The van der Waals surface area contributed by atoms with Crippen molar-refractivity contribution in [2.24, 2.45) is 0 Å². The zero-order valence-electron chi connectivity index (χ0n) is 12.5. The minimum absolute atomic E-state index is 0.0510. The molecule has 1 atom stereocenters. The molecule has 118 valence electrons. The van der Waals surface area contributed by atoms with Crippen molar-refractivity contribution in [1.82, 2.24) is 0 Å². The molecule has 1 N–H and O–H groups in total. The first kappa shape index (κ1) is 16.0. The molecular formula is C15H17NO6. The molecule has 1 aromatic rings. The Bertz CT molecular complexity index is 632. The minimum Gasteiger partial charge on any atom is -0.456 e. The van der Waals surface area contributed by atoms with Crippen molar-refractivity contribution in [3.8, 4) is 0 Å². The lowest BCUT2D eigenvalue weighted by molar-refractivity contribution is -0.384. The first-order valence-electron chi connectivity index (χ1n) is 6.74. The van der Waals surface area contributed by atoms with Gasteiger partial charge in [0.05, 0.1) is 16.6 Å². The summed E-state index contributed by atoms with van der Waals surface area (Å²) >= 11 is 0. The van der Waals surface area contributed by atoms with E-state index in [0.29, 0.717) is 16.9 Å². The van der Waals surface area contributed by atoms with Gasteiger partial charge in [0, 0.05) is 32.4 Å². The number of nitrogens with zero attached hydrogens (tertiary/aromatic N) is 1. The third-order valence-electron chi connectivity index (χ3n) is 3.30. The fourth-order valence-corrected chi connectivity index (χ4v) is 2.11. The molecule has 7 heteroatoms. The van der Waals surface area contributed by atoms with Gasteiger partial charge in [0.1, 0.15) is 5.76 Å². The van der Waals surface area contributed by atoms with Crippen LogP contribution in [0.5, 0.6) is 0 Å². The number of nitro benzene ring substituents is 1. The van der Waals surface area contributed by atoms with Crippen LogP contribution in [-0.2, 0) is 14.3 Å². The zero-order valence-corrected chi connectivity index (χ0v) is 12.5. The molecule has 0 spiro atoms. The number of esters is 1. The monoisotopic (exact) mass is 307 g/mol. The summed E-state index contributed by atoms with van der Waals surface area (Å²) in [6.45, 7) is 4.78. The second kappa shape index (κ2) is 5.76. The van der Waals surface area contributed by atoms with Gasteiger partial charge in [-0.2, -0.15) is 0 Å². The van der Waals surface area contributed by atoms with E-state index in [1.807, 2.05) is 0 Å². The van der Waals surface area contributed by atoms with E-state index in [-0.39, 0.29) is 12.1 Å². The average molecular weight is 307 g/mol. The van der Waals surface area contributed by atoms with Gasteiger partial charge in [-0.05, 0) is 24.6 Å². The topological polar surface area (TPSA) is 98.9 Å². The third-order valence-corrected chi connectivity index (χ3v) is 3.30. The Hall–Kier alpha value is -2.41. The van der Waals surface area contributed by atoms with E-state index in [2.05, 4.69) is 0 Å². The van der Waals surface area contributed by atoms with Gasteiger partial charge >= 0.3 is 5.97 Å². The smallest absolute Gasteiger partial charge is 0.340 e. The van der Waals surface area contributed by atoms with Crippen LogP contribution in [0.25, 0.3) is 0 Å². The predicted octanol–water partition coefficient (Wildman–Crippen LogP) is 2.60. The maximum absolute atomic E-state index is 11.7. The lowest BCUT2D eigenvalue weighted by Gasteiger charge is -2.33. The van der Waals surface area contributed by atoms with Gasteiger partial charge in [0.2, 0.25) is 5.79 Å². The highest BCUT2D eigenvalue weighted by molar-refractivity contribution is 5.89.